The molecular formula is C15H16F3N3. The van der Waals surface area contributed by atoms with Crippen LogP contribution in [0.4, 0.5) is 24.5 Å². The minimum atomic E-state index is -4.37. The third-order valence-electron chi connectivity index (χ3n) is 3.25. The highest BCUT2D eigenvalue weighted by atomic mass is 19.4. The Morgan fingerprint density at radius 2 is 1.81 bits per heavy atom. The number of likely N-dealkylation sites (N-methyl/N-ethyl adjacent to an activating group) is 1. The normalized spacial score (nSPS) is 11.4. The molecule has 1 aromatic carbocycles. The van der Waals surface area contributed by atoms with Gasteiger partial charge in [0.2, 0.25) is 0 Å². The summed E-state index contributed by atoms with van der Waals surface area (Å²) < 4.78 is 37.8. The summed E-state index contributed by atoms with van der Waals surface area (Å²) in [4.78, 5) is 5.78. The predicted molar refractivity (Wildman–Crippen MR) is 77.1 cm³/mol. The molecule has 0 atom stereocenters. The number of aromatic nitrogens is 1. The van der Waals surface area contributed by atoms with Crippen LogP contribution in [0.25, 0.3) is 0 Å². The summed E-state index contributed by atoms with van der Waals surface area (Å²) in [6.45, 7) is 0.652. The van der Waals surface area contributed by atoms with Crippen LogP contribution in [0.2, 0.25) is 0 Å². The fourth-order valence-corrected chi connectivity index (χ4v) is 2.05. The number of pyridine rings is 1. The summed E-state index contributed by atoms with van der Waals surface area (Å²) in [6.07, 6.45) is -0.189. The molecule has 0 unspecified atom stereocenters. The van der Waals surface area contributed by atoms with E-state index in [1.165, 1.54) is 6.07 Å². The van der Waals surface area contributed by atoms with E-state index in [1.807, 2.05) is 17.0 Å². The predicted octanol–water partition coefficient (Wildman–Crippen LogP) is 3.36. The largest absolute Gasteiger partial charge is 0.416 e. The highest BCUT2D eigenvalue weighted by molar-refractivity contribution is 5.68. The van der Waals surface area contributed by atoms with Crippen LogP contribution in [-0.4, -0.2) is 18.6 Å². The number of alkyl halides is 3. The molecule has 0 spiro atoms. The molecule has 0 aliphatic carbocycles. The second-order valence-electron chi connectivity index (χ2n) is 4.80. The Labute approximate surface area is 121 Å². The maximum Gasteiger partial charge on any atom is 0.416 e. The molecule has 3 nitrogen and oxygen atoms in total. The van der Waals surface area contributed by atoms with Crippen molar-refractivity contribution in [1.82, 2.24) is 4.98 Å². The van der Waals surface area contributed by atoms with Gasteiger partial charge in [-0.3, -0.25) is 4.98 Å². The molecule has 2 rings (SSSR count). The minimum absolute atomic E-state index is 0.127. The molecule has 0 bridgehead atoms. The molecule has 2 aromatic rings. The van der Waals surface area contributed by atoms with E-state index < -0.39 is 11.7 Å². The highest BCUT2D eigenvalue weighted by Gasteiger charge is 2.30. The Hall–Kier alpha value is -2.24. The van der Waals surface area contributed by atoms with Crippen molar-refractivity contribution >= 4 is 11.4 Å². The van der Waals surface area contributed by atoms with Crippen LogP contribution in [0.15, 0.2) is 42.7 Å². The number of hydrogen-bond acceptors (Lipinski definition) is 3. The van der Waals surface area contributed by atoms with Gasteiger partial charge in [-0.05, 0) is 42.3 Å². The molecule has 2 N–H and O–H groups in total. The fourth-order valence-electron chi connectivity index (χ4n) is 2.05. The quantitative estimate of drug-likeness (QED) is 0.879. The van der Waals surface area contributed by atoms with Crippen molar-refractivity contribution in [2.24, 2.45) is 0 Å². The van der Waals surface area contributed by atoms with Crippen LogP contribution in [0, 0.1) is 0 Å². The van der Waals surface area contributed by atoms with E-state index in [2.05, 4.69) is 4.98 Å². The molecule has 0 aliphatic rings. The maximum atomic E-state index is 12.6. The van der Waals surface area contributed by atoms with E-state index in [9.17, 15) is 13.2 Å². The molecule has 112 valence electrons. The van der Waals surface area contributed by atoms with Crippen LogP contribution < -0.4 is 10.6 Å². The number of rotatable bonds is 4. The van der Waals surface area contributed by atoms with E-state index in [0.29, 0.717) is 12.2 Å². The van der Waals surface area contributed by atoms with Crippen molar-refractivity contribution in [2.75, 3.05) is 24.2 Å². The van der Waals surface area contributed by atoms with Gasteiger partial charge in [0.25, 0.3) is 0 Å². The van der Waals surface area contributed by atoms with Gasteiger partial charge in [0.1, 0.15) is 0 Å². The van der Waals surface area contributed by atoms with E-state index in [4.69, 9.17) is 5.73 Å². The molecule has 0 amide bonds. The van der Waals surface area contributed by atoms with Crippen LogP contribution in [0.1, 0.15) is 11.1 Å². The smallest absolute Gasteiger partial charge is 0.397 e. The average Bonchev–Trinajstić information content (AvgIpc) is 2.45. The third kappa shape index (κ3) is 3.87. The van der Waals surface area contributed by atoms with Crippen molar-refractivity contribution in [3.63, 3.8) is 0 Å². The zero-order valence-electron chi connectivity index (χ0n) is 11.6. The SMILES string of the molecule is CN(CCc1ccncc1)c1ccc(C(F)(F)F)cc1N. The van der Waals surface area contributed by atoms with Crippen molar-refractivity contribution in [3.8, 4) is 0 Å². The Bertz CT molecular complexity index is 597. The molecule has 0 radical (unpaired) electrons. The van der Waals surface area contributed by atoms with Crippen molar-refractivity contribution in [1.29, 1.82) is 0 Å². The average molecular weight is 295 g/mol. The lowest BCUT2D eigenvalue weighted by Crippen LogP contribution is -2.21. The highest BCUT2D eigenvalue weighted by Crippen LogP contribution is 2.33. The molecule has 0 saturated heterocycles. The topological polar surface area (TPSA) is 42.2 Å². The first kappa shape index (κ1) is 15.2. The molecule has 1 aromatic heterocycles. The molecule has 1 heterocycles. The number of nitrogen functional groups attached to an aromatic ring is 1. The number of nitrogens with two attached hydrogens (primary N) is 1. The summed E-state index contributed by atoms with van der Waals surface area (Å²) in [5, 5.41) is 0. The van der Waals surface area contributed by atoms with E-state index in [0.717, 1.165) is 24.1 Å². The number of halogens is 3. The van der Waals surface area contributed by atoms with Crippen LogP contribution in [-0.2, 0) is 12.6 Å². The van der Waals surface area contributed by atoms with Gasteiger partial charge in [-0.1, -0.05) is 0 Å². The van der Waals surface area contributed by atoms with E-state index >= 15 is 0 Å². The molecule has 0 aliphatic heterocycles. The summed E-state index contributed by atoms with van der Waals surface area (Å²) in [7, 11) is 1.81. The summed E-state index contributed by atoms with van der Waals surface area (Å²) >= 11 is 0. The van der Waals surface area contributed by atoms with Crippen molar-refractivity contribution < 1.29 is 13.2 Å². The third-order valence-corrected chi connectivity index (χ3v) is 3.25. The standard InChI is InChI=1S/C15H16F3N3/c1-21(9-6-11-4-7-20-8-5-11)14-3-2-12(10-13(14)19)15(16,17)18/h2-5,7-8,10H,6,9,19H2,1H3. The van der Waals surface area contributed by atoms with Crippen LogP contribution in [0.3, 0.4) is 0 Å². The van der Waals surface area contributed by atoms with Crippen LogP contribution in [0.5, 0.6) is 0 Å². The lowest BCUT2D eigenvalue weighted by Gasteiger charge is -2.22. The molecule has 21 heavy (non-hydrogen) atoms. The Kier molecular flexibility index (Phi) is 4.35. The zero-order chi connectivity index (χ0) is 15.5. The molecule has 6 heteroatoms. The summed E-state index contributed by atoms with van der Waals surface area (Å²) in [6, 6.07) is 7.24. The first-order chi connectivity index (χ1) is 9.88. The fraction of sp³-hybridized carbons (Fsp3) is 0.267. The van der Waals surface area contributed by atoms with Gasteiger partial charge in [0, 0.05) is 26.0 Å². The lowest BCUT2D eigenvalue weighted by molar-refractivity contribution is -0.137. The molecular weight excluding hydrogens is 279 g/mol. The number of benzene rings is 1. The number of nitrogens with zero attached hydrogens (tertiary/aromatic N) is 2. The van der Waals surface area contributed by atoms with Gasteiger partial charge in [-0.2, -0.15) is 13.2 Å². The first-order valence-electron chi connectivity index (χ1n) is 6.44. The first-order valence-corrected chi connectivity index (χ1v) is 6.44. The van der Waals surface area contributed by atoms with E-state index in [-0.39, 0.29) is 5.69 Å². The number of hydrogen-bond donors (Lipinski definition) is 1. The monoisotopic (exact) mass is 295 g/mol. The maximum absolute atomic E-state index is 12.6. The van der Waals surface area contributed by atoms with Gasteiger partial charge in [-0.25, -0.2) is 0 Å². The second kappa shape index (κ2) is 6.03. The van der Waals surface area contributed by atoms with Crippen LogP contribution >= 0.6 is 0 Å². The van der Waals surface area contributed by atoms with Crippen molar-refractivity contribution in [3.05, 3.63) is 53.9 Å². The Morgan fingerprint density at radius 1 is 1.14 bits per heavy atom. The molecule has 0 saturated carbocycles. The Balaban J connectivity index is 2.07. The molecule has 0 fully saturated rings. The number of anilines is 2. The zero-order valence-corrected chi connectivity index (χ0v) is 11.6. The second-order valence-corrected chi connectivity index (χ2v) is 4.80. The van der Waals surface area contributed by atoms with Gasteiger partial charge in [0.05, 0.1) is 16.9 Å². The lowest BCUT2D eigenvalue weighted by atomic mass is 10.1. The van der Waals surface area contributed by atoms with Gasteiger partial charge in [0.15, 0.2) is 0 Å². The Morgan fingerprint density at radius 3 is 2.38 bits per heavy atom. The van der Waals surface area contributed by atoms with Gasteiger partial charge in [-0.15, -0.1) is 0 Å². The van der Waals surface area contributed by atoms with Gasteiger partial charge < -0.3 is 10.6 Å². The summed E-state index contributed by atoms with van der Waals surface area (Å²) in [5.74, 6) is 0. The van der Waals surface area contributed by atoms with Crippen molar-refractivity contribution in [2.45, 2.75) is 12.6 Å². The summed E-state index contributed by atoms with van der Waals surface area (Å²) in [5.41, 5.74) is 6.84. The minimum Gasteiger partial charge on any atom is -0.397 e. The van der Waals surface area contributed by atoms with E-state index in [1.54, 1.807) is 19.4 Å². The van der Waals surface area contributed by atoms with Gasteiger partial charge >= 0.3 is 6.18 Å².